The Labute approximate surface area is 86.3 Å². The number of hydrogen-bond acceptors (Lipinski definition) is 3. The summed E-state index contributed by atoms with van der Waals surface area (Å²) >= 11 is 0. The van der Waals surface area contributed by atoms with Crippen LogP contribution in [0.5, 0.6) is 0 Å². The number of nitrogens with one attached hydrogen (secondary N) is 1. The molecule has 0 bridgehead atoms. The van der Waals surface area contributed by atoms with Crippen LogP contribution < -0.4 is 10.5 Å². The molecule has 0 saturated heterocycles. The molecule has 1 saturated carbocycles. The van der Waals surface area contributed by atoms with E-state index in [1.165, 1.54) is 19.1 Å². The monoisotopic (exact) mass is 220 g/mol. The van der Waals surface area contributed by atoms with Crippen molar-refractivity contribution in [3.05, 3.63) is 0 Å². The van der Waals surface area contributed by atoms with Gasteiger partial charge < -0.3 is 5.73 Å². The maximum atomic E-state index is 10.9. The predicted octanol–water partition coefficient (Wildman–Crippen LogP) is 0.587. The van der Waals surface area contributed by atoms with Crippen LogP contribution in [0.3, 0.4) is 0 Å². The minimum Gasteiger partial charge on any atom is -0.324 e. The van der Waals surface area contributed by atoms with Crippen molar-refractivity contribution in [2.45, 2.75) is 44.1 Å². The topological polar surface area (TPSA) is 72.2 Å². The van der Waals surface area contributed by atoms with E-state index in [4.69, 9.17) is 5.73 Å². The molecule has 3 N–H and O–H groups in total. The van der Waals surface area contributed by atoms with Crippen molar-refractivity contribution >= 4 is 10.0 Å². The third-order valence-electron chi connectivity index (χ3n) is 2.79. The van der Waals surface area contributed by atoms with Gasteiger partial charge in [0.25, 0.3) is 0 Å². The van der Waals surface area contributed by atoms with Crippen molar-refractivity contribution in [3.63, 3.8) is 0 Å². The second kappa shape index (κ2) is 4.59. The molecular weight excluding hydrogens is 200 g/mol. The van der Waals surface area contributed by atoms with Crippen LogP contribution >= 0.6 is 0 Å². The van der Waals surface area contributed by atoms with Gasteiger partial charge in [-0.3, -0.25) is 0 Å². The fraction of sp³-hybridized carbons (Fsp3) is 1.00. The van der Waals surface area contributed by atoms with Gasteiger partial charge in [0.05, 0.1) is 6.26 Å². The lowest BCUT2D eigenvalue weighted by atomic mass is 9.92. The quantitative estimate of drug-likeness (QED) is 0.684. The van der Waals surface area contributed by atoms with Crippen LogP contribution in [0.15, 0.2) is 0 Å². The Morgan fingerprint density at radius 2 is 1.71 bits per heavy atom. The van der Waals surface area contributed by atoms with E-state index in [9.17, 15) is 8.42 Å². The summed E-state index contributed by atoms with van der Waals surface area (Å²) in [6.45, 7) is 0.381. The van der Waals surface area contributed by atoms with Crippen molar-refractivity contribution < 1.29 is 8.42 Å². The minimum atomic E-state index is -3.10. The zero-order valence-electron chi connectivity index (χ0n) is 8.75. The second-order valence-electron chi connectivity index (χ2n) is 4.37. The summed E-state index contributed by atoms with van der Waals surface area (Å²) in [5.74, 6) is 0. The lowest BCUT2D eigenvalue weighted by Gasteiger charge is -2.27. The van der Waals surface area contributed by atoms with E-state index >= 15 is 0 Å². The Bertz CT molecular complexity index is 267. The first-order valence-electron chi connectivity index (χ1n) is 5.15. The maximum absolute atomic E-state index is 10.9. The summed E-state index contributed by atoms with van der Waals surface area (Å²) in [7, 11) is -3.10. The van der Waals surface area contributed by atoms with Crippen molar-refractivity contribution in [1.29, 1.82) is 0 Å². The Morgan fingerprint density at radius 1 is 1.21 bits per heavy atom. The van der Waals surface area contributed by atoms with Crippen LogP contribution in [0, 0.1) is 0 Å². The normalized spacial score (nSPS) is 23.0. The van der Waals surface area contributed by atoms with Crippen LogP contribution in [0.2, 0.25) is 0 Å². The van der Waals surface area contributed by atoms with Crippen LogP contribution in [0.25, 0.3) is 0 Å². The first-order valence-corrected chi connectivity index (χ1v) is 7.04. The van der Waals surface area contributed by atoms with Crippen molar-refractivity contribution in [2.75, 3.05) is 12.8 Å². The number of sulfonamides is 1. The molecule has 0 aromatic rings. The van der Waals surface area contributed by atoms with Gasteiger partial charge in [-0.1, -0.05) is 25.7 Å². The Morgan fingerprint density at radius 3 is 2.14 bits per heavy atom. The zero-order valence-corrected chi connectivity index (χ0v) is 9.57. The molecule has 0 amide bonds. The van der Waals surface area contributed by atoms with Gasteiger partial charge in [0, 0.05) is 12.1 Å². The zero-order chi connectivity index (χ0) is 10.7. The predicted molar refractivity (Wildman–Crippen MR) is 57.5 cm³/mol. The van der Waals surface area contributed by atoms with E-state index in [1.807, 2.05) is 0 Å². The van der Waals surface area contributed by atoms with E-state index in [0.29, 0.717) is 6.54 Å². The fourth-order valence-electron chi connectivity index (χ4n) is 1.88. The molecule has 0 aliphatic heterocycles. The van der Waals surface area contributed by atoms with Crippen LogP contribution in [0.1, 0.15) is 38.5 Å². The van der Waals surface area contributed by atoms with Gasteiger partial charge >= 0.3 is 0 Å². The van der Waals surface area contributed by atoms with E-state index in [-0.39, 0.29) is 5.54 Å². The lowest BCUT2D eigenvalue weighted by molar-refractivity contribution is 0.369. The van der Waals surface area contributed by atoms with E-state index in [2.05, 4.69) is 4.72 Å². The van der Waals surface area contributed by atoms with Gasteiger partial charge in [0.2, 0.25) is 10.0 Å². The average molecular weight is 220 g/mol. The molecule has 4 nitrogen and oxygen atoms in total. The number of rotatable bonds is 3. The first kappa shape index (κ1) is 11.9. The summed E-state index contributed by atoms with van der Waals surface area (Å²) < 4.78 is 24.4. The molecule has 0 aromatic carbocycles. The van der Waals surface area contributed by atoms with Gasteiger partial charge in [-0.25, -0.2) is 13.1 Å². The molecule has 0 atom stereocenters. The average Bonchev–Trinajstić information content (AvgIpc) is 2.27. The Hall–Kier alpha value is -0.130. The SMILES string of the molecule is CS(=O)(=O)NCC1(N)CCCCCC1. The minimum absolute atomic E-state index is 0.320. The van der Waals surface area contributed by atoms with Crippen molar-refractivity contribution in [3.8, 4) is 0 Å². The third kappa shape index (κ3) is 4.39. The molecule has 14 heavy (non-hydrogen) atoms. The fourth-order valence-corrected chi connectivity index (χ4v) is 2.43. The summed E-state index contributed by atoms with van der Waals surface area (Å²) in [5, 5.41) is 0. The van der Waals surface area contributed by atoms with Crippen molar-refractivity contribution in [1.82, 2.24) is 4.72 Å². The second-order valence-corrected chi connectivity index (χ2v) is 6.20. The molecule has 0 heterocycles. The summed E-state index contributed by atoms with van der Waals surface area (Å²) in [5.41, 5.74) is 5.82. The largest absolute Gasteiger partial charge is 0.324 e. The smallest absolute Gasteiger partial charge is 0.208 e. The molecule has 5 heteroatoms. The Kier molecular flexibility index (Phi) is 3.92. The first-order chi connectivity index (χ1) is 6.41. The maximum Gasteiger partial charge on any atom is 0.208 e. The van der Waals surface area contributed by atoms with Gasteiger partial charge in [0.1, 0.15) is 0 Å². The standard InChI is InChI=1S/C9H20N2O2S/c1-14(12,13)11-8-9(10)6-4-2-3-5-7-9/h11H,2-8,10H2,1H3. The summed E-state index contributed by atoms with van der Waals surface area (Å²) in [6.07, 6.45) is 7.69. The molecule has 1 fully saturated rings. The van der Waals surface area contributed by atoms with Crippen LogP contribution in [-0.2, 0) is 10.0 Å². The van der Waals surface area contributed by atoms with Gasteiger partial charge in [0.15, 0.2) is 0 Å². The molecule has 84 valence electrons. The molecule has 1 rings (SSSR count). The molecule has 0 unspecified atom stereocenters. The molecule has 1 aliphatic rings. The highest BCUT2D eigenvalue weighted by Crippen LogP contribution is 2.24. The van der Waals surface area contributed by atoms with E-state index < -0.39 is 10.0 Å². The summed E-state index contributed by atoms with van der Waals surface area (Å²) in [4.78, 5) is 0. The van der Waals surface area contributed by atoms with Crippen LogP contribution in [0.4, 0.5) is 0 Å². The van der Waals surface area contributed by atoms with Gasteiger partial charge in [-0.2, -0.15) is 0 Å². The molecular formula is C9H20N2O2S. The molecule has 0 radical (unpaired) electrons. The van der Waals surface area contributed by atoms with E-state index in [0.717, 1.165) is 25.7 Å². The highest BCUT2D eigenvalue weighted by Gasteiger charge is 2.26. The highest BCUT2D eigenvalue weighted by molar-refractivity contribution is 7.88. The van der Waals surface area contributed by atoms with Gasteiger partial charge in [-0.15, -0.1) is 0 Å². The van der Waals surface area contributed by atoms with Crippen molar-refractivity contribution in [2.24, 2.45) is 5.73 Å². The van der Waals surface area contributed by atoms with E-state index in [1.54, 1.807) is 0 Å². The van der Waals surface area contributed by atoms with Gasteiger partial charge in [-0.05, 0) is 12.8 Å². The number of hydrogen-bond donors (Lipinski definition) is 2. The van der Waals surface area contributed by atoms with Crippen LogP contribution in [-0.4, -0.2) is 26.8 Å². The third-order valence-corrected chi connectivity index (χ3v) is 3.45. The summed E-state index contributed by atoms with van der Waals surface area (Å²) in [6, 6.07) is 0. The molecule has 1 aliphatic carbocycles. The molecule has 0 spiro atoms. The molecule has 0 aromatic heterocycles. The number of nitrogens with two attached hydrogens (primary N) is 1. The lowest BCUT2D eigenvalue weighted by Crippen LogP contribution is -2.49. The highest BCUT2D eigenvalue weighted by atomic mass is 32.2. The Balaban J connectivity index is 2.47.